The lowest BCUT2D eigenvalue weighted by molar-refractivity contribution is -0.139. The standard InChI is InChI=1S/C24H24ClNO3/c1-16-5-2-3-6-17(16)9-10-21(27)26-13-11-24(12-14-26)15-19(23(28)29)18-7-4-8-20(25)22(18)24/h2-10,19H,11-15H2,1H3,(H,28,29)/b10-9+. The fourth-order valence-electron chi connectivity index (χ4n) is 4.86. The summed E-state index contributed by atoms with van der Waals surface area (Å²) in [4.78, 5) is 26.3. The van der Waals surface area contributed by atoms with Gasteiger partial charge in [0.1, 0.15) is 0 Å². The first kappa shape index (κ1) is 19.7. The van der Waals surface area contributed by atoms with Crippen LogP contribution in [0.2, 0.25) is 5.02 Å². The van der Waals surface area contributed by atoms with E-state index in [-0.39, 0.29) is 11.3 Å². The third-order valence-electron chi connectivity index (χ3n) is 6.47. The summed E-state index contributed by atoms with van der Waals surface area (Å²) in [7, 11) is 0. The number of aryl methyl sites for hydroxylation is 1. The highest BCUT2D eigenvalue weighted by molar-refractivity contribution is 6.31. The van der Waals surface area contributed by atoms with Gasteiger partial charge in [-0.3, -0.25) is 9.59 Å². The molecule has 1 saturated heterocycles. The minimum atomic E-state index is -0.801. The molecule has 0 saturated carbocycles. The van der Waals surface area contributed by atoms with Crippen LogP contribution >= 0.6 is 11.6 Å². The predicted octanol–water partition coefficient (Wildman–Crippen LogP) is 4.79. The number of amides is 1. The van der Waals surface area contributed by atoms with Crippen LogP contribution in [0.1, 0.15) is 47.4 Å². The molecule has 2 aliphatic rings. The molecule has 1 atom stereocenters. The molecule has 1 heterocycles. The Morgan fingerprint density at radius 1 is 1.14 bits per heavy atom. The quantitative estimate of drug-likeness (QED) is 0.741. The van der Waals surface area contributed by atoms with Crippen molar-refractivity contribution >= 4 is 29.6 Å². The second-order valence-corrected chi connectivity index (χ2v) is 8.50. The Labute approximate surface area is 175 Å². The van der Waals surface area contributed by atoms with Crippen LogP contribution in [0.25, 0.3) is 6.08 Å². The Bertz CT molecular complexity index is 989. The molecule has 1 unspecified atom stereocenters. The second kappa shape index (κ2) is 7.68. The van der Waals surface area contributed by atoms with Crippen LogP contribution in [0, 0.1) is 6.92 Å². The monoisotopic (exact) mass is 409 g/mol. The molecule has 29 heavy (non-hydrogen) atoms. The van der Waals surface area contributed by atoms with Crippen LogP contribution in [0.5, 0.6) is 0 Å². The van der Waals surface area contributed by atoms with Gasteiger partial charge in [0.25, 0.3) is 0 Å². The summed E-state index contributed by atoms with van der Waals surface area (Å²) in [5, 5.41) is 10.3. The van der Waals surface area contributed by atoms with E-state index in [1.807, 2.05) is 60.4 Å². The summed E-state index contributed by atoms with van der Waals surface area (Å²) >= 11 is 6.51. The van der Waals surface area contributed by atoms with Gasteiger partial charge in [-0.05, 0) is 60.6 Å². The number of halogens is 1. The van der Waals surface area contributed by atoms with Crippen LogP contribution in [-0.2, 0) is 15.0 Å². The molecule has 4 nitrogen and oxygen atoms in total. The zero-order valence-electron chi connectivity index (χ0n) is 16.4. The van der Waals surface area contributed by atoms with Gasteiger partial charge < -0.3 is 10.0 Å². The van der Waals surface area contributed by atoms with Crippen molar-refractivity contribution in [3.63, 3.8) is 0 Å². The number of rotatable bonds is 3. The van der Waals surface area contributed by atoms with Crippen LogP contribution in [0.4, 0.5) is 0 Å². The number of likely N-dealkylation sites (tertiary alicyclic amines) is 1. The largest absolute Gasteiger partial charge is 0.481 e. The normalized spacial score (nSPS) is 20.2. The van der Waals surface area contributed by atoms with E-state index in [0.717, 1.165) is 35.1 Å². The average Bonchev–Trinajstić information content (AvgIpc) is 3.03. The van der Waals surface area contributed by atoms with Crippen molar-refractivity contribution in [2.45, 2.75) is 37.5 Å². The van der Waals surface area contributed by atoms with Crippen molar-refractivity contribution in [3.05, 3.63) is 75.8 Å². The van der Waals surface area contributed by atoms with Crippen molar-refractivity contribution < 1.29 is 14.7 Å². The molecule has 1 aliphatic carbocycles. The Hall–Kier alpha value is -2.59. The molecule has 1 aliphatic heterocycles. The van der Waals surface area contributed by atoms with Gasteiger partial charge in [0.15, 0.2) is 0 Å². The Kier molecular flexibility index (Phi) is 5.22. The van der Waals surface area contributed by atoms with E-state index < -0.39 is 11.9 Å². The van der Waals surface area contributed by atoms with Crippen molar-refractivity contribution in [2.75, 3.05) is 13.1 Å². The summed E-state index contributed by atoms with van der Waals surface area (Å²) in [5.41, 5.74) is 3.73. The van der Waals surface area contributed by atoms with E-state index in [1.165, 1.54) is 0 Å². The first-order valence-electron chi connectivity index (χ1n) is 9.96. The summed E-state index contributed by atoms with van der Waals surface area (Å²) in [5.74, 6) is -1.33. The SMILES string of the molecule is Cc1ccccc1/C=C/C(=O)N1CCC2(CC1)CC(C(=O)O)c1cccc(Cl)c12. The van der Waals surface area contributed by atoms with Gasteiger partial charge >= 0.3 is 5.97 Å². The minimum Gasteiger partial charge on any atom is -0.481 e. The van der Waals surface area contributed by atoms with E-state index in [0.29, 0.717) is 24.5 Å². The zero-order chi connectivity index (χ0) is 20.6. The zero-order valence-corrected chi connectivity index (χ0v) is 17.2. The summed E-state index contributed by atoms with van der Waals surface area (Å²) < 4.78 is 0. The van der Waals surface area contributed by atoms with Crippen LogP contribution in [0.3, 0.4) is 0 Å². The summed E-state index contributed by atoms with van der Waals surface area (Å²) in [6.07, 6.45) is 5.53. The fraction of sp³-hybridized carbons (Fsp3) is 0.333. The lowest BCUT2D eigenvalue weighted by Crippen LogP contribution is -2.44. The number of benzene rings is 2. The highest BCUT2D eigenvalue weighted by Crippen LogP contribution is 2.54. The van der Waals surface area contributed by atoms with Crippen molar-refractivity contribution in [1.29, 1.82) is 0 Å². The third kappa shape index (κ3) is 3.58. The van der Waals surface area contributed by atoms with E-state index in [4.69, 9.17) is 11.6 Å². The number of piperidine rings is 1. The number of nitrogens with zero attached hydrogens (tertiary/aromatic N) is 1. The number of aliphatic carboxylic acids is 1. The predicted molar refractivity (Wildman–Crippen MR) is 114 cm³/mol. The molecular weight excluding hydrogens is 386 g/mol. The van der Waals surface area contributed by atoms with Crippen molar-refractivity contribution in [1.82, 2.24) is 4.90 Å². The van der Waals surface area contributed by atoms with Crippen molar-refractivity contribution in [3.8, 4) is 0 Å². The number of hydrogen-bond acceptors (Lipinski definition) is 2. The van der Waals surface area contributed by atoms with Gasteiger partial charge in [0.05, 0.1) is 5.92 Å². The van der Waals surface area contributed by atoms with Crippen LogP contribution in [-0.4, -0.2) is 35.0 Å². The molecule has 5 heteroatoms. The lowest BCUT2D eigenvalue weighted by atomic mass is 9.73. The first-order valence-corrected chi connectivity index (χ1v) is 10.3. The molecule has 1 amide bonds. The maximum Gasteiger partial charge on any atom is 0.311 e. The Morgan fingerprint density at radius 2 is 1.86 bits per heavy atom. The lowest BCUT2D eigenvalue weighted by Gasteiger charge is -2.40. The topological polar surface area (TPSA) is 57.6 Å². The second-order valence-electron chi connectivity index (χ2n) is 8.09. The van der Waals surface area contributed by atoms with Gasteiger partial charge in [-0.2, -0.15) is 0 Å². The number of fused-ring (bicyclic) bond motifs is 2. The molecule has 0 radical (unpaired) electrons. The molecular formula is C24H24ClNO3. The molecule has 1 N–H and O–H groups in total. The average molecular weight is 410 g/mol. The van der Waals surface area contributed by atoms with E-state index in [2.05, 4.69) is 0 Å². The van der Waals surface area contributed by atoms with Gasteiger partial charge in [-0.25, -0.2) is 0 Å². The van der Waals surface area contributed by atoms with Gasteiger partial charge in [-0.15, -0.1) is 0 Å². The number of carbonyl (C=O) groups is 2. The molecule has 0 bridgehead atoms. The molecule has 0 aromatic heterocycles. The minimum absolute atomic E-state index is 0.00438. The van der Waals surface area contributed by atoms with Crippen molar-refractivity contribution in [2.24, 2.45) is 0 Å². The molecule has 1 spiro atoms. The first-order chi connectivity index (χ1) is 13.9. The summed E-state index contributed by atoms with van der Waals surface area (Å²) in [6, 6.07) is 13.5. The number of carboxylic acid groups (broad SMARTS) is 1. The maximum atomic E-state index is 12.7. The van der Waals surface area contributed by atoms with E-state index in [1.54, 1.807) is 6.08 Å². The third-order valence-corrected chi connectivity index (χ3v) is 6.79. The molecule has 1 fully saturated rings. The molecule has 2 aromatic carbocycles. The number of carbonyl (C=O) groups excluding carboxylic acids is 1. The van der Waals surface area contributed by atoms with Crippen LogP contribution in [0.15, 0.2) is 48.5 Å². The highest BCUT2D eigenvalue weighted by Gasteiger charge is 2.49. The van der Waals surface area contributed by atoms with Gasteiger partial charge in [0.2, 0.25) is 5.91 Å². The van der Waals surface area contributed by atoms with Gasteiger partial charge in [0, 0.05) is 29.6 Å². The maximum absolute atomic E-state index is 12.7. The Balaban J connectivity index is 1.50. The van der Waals surface area contributed by atoms with Gasteiger partial charge in [-0.1, -0.05) is 48.0 Å². The fourth-order valence-corrected chi connectivity index (χ4v) is 5.25. The van der Waals surface area contributed by atoms with E-state index >= 15 is 0 Å². The smallest absolute Gasteiger partial charge is 0.311 e. The summed E-state index contributed by atoms with van der Waals surface area (Å²) in [6.45, 7) is 3.23. The molecule has 4 rings (SSSR count). The van der Waals surface area contributed by atoms with E-state index in [9.17, 15) is 14.7 Å². The highest BCUT2D eigenvalue weighted by atomic mass is 35.5. The number of carboxylic acids is 1. The van der Waals surface area contributed by atoms with Crippen LogP contribution < -0.4 is 0 Å². The molecule has 150 valence electrons. The molecule has 2 aromatic rings. The Morgan fingerprint density at radius 3 is 2.55 bits per heavy atom. The number of hydrogen-bond donors (Lipinski definition) is 1.